The highest BCUT2D eigenvalue weighted by Crippen LogP contribution is 2.56. The molecular formula is C9H16S. The topological polar surface area (TPSA) is 0 Å². The lowest BCUT2D eigenvalue weighted by Gasteiger charge is -2.33. The smallest absolute Gasteiger partial charge is 0.0137 e. The van der Waals surface area contributed by atoms with E-state index in [-0.39, 0.29) is 0 Å². The molecule has 58 valence electrons. The van der Waals surface area contributed by atoms with Crippen LogP contribution >= 0.6 is 11.8 Å². The van der Waals surface area contributed by atoms with Gasteiger partial charge in [-0.25, -0.2) is 0 Å². The molecule has 10 heavy (non-hydrogen) atoms. The van der Waals surface area contributed by atoms with Gasteiger partial charge in [0.15, 0.2) is 0 Å². The van der Waals surface area contributed by atoms with E-state index in [0.717, 1.165) is 5.41 Å². The Kier molecular flexibility index (Phi) is 1.36. The van der Waals surface area contributed by atoms with E-state index in [9.17, 15) is 0 Å². The summed E-state index contributed by atoms with van der Waals surface area (Å²) in [5, 5.41) is 0. The highest BCUT2D eigenvalue weighted by molar-refractivity contribution is 8.00. The van der Waals surface area contributed by atoms with Crippen molar-refractivity contribution in [1.82, 2.24) is 0 Å². The average Bonchev–Trinajstić information content (AvgIpc) is 2.03. The van der Waals surface area contributed by atoms with Gasteiger partial charge < -0.3 is 0 Å². The van der Waals surface area contributed by atoms with Crippen LogP contribution in [0.15, 0.2) is 0 Å². The maximum absolute atomic E-state index is 2.46. The summed E-state index contributed by atoms with van der Waals surface area (Å²) in [6, 6.07) is 0. The quantitative estimate of drug-likeness (QED) is 0.519. The fraction of sp³-hybridized carbons (Fsp3) is 1.00. The van der Waals surface area contributed by atoms with Gasteiger partial charge in [0, 0.05) is 4.75 Å². The minimum atomic E-state index is 0.674. The Morgan fingerprint density at radius 1 is 1.20 bits per heavy atom. The lowest BCUT2D eigenvalue weighted by molar-refractivity contribution is 0.239. The summed E-state index contributed by atoms with van der Waals surface area (Å²) in [4.78, 5) is 0. The molecular weight excluding hydrogens is 140 g/mol. The molecule has 2 rings (SSSR count). The molecule has 1 saturated heterocycles. The SMILES string of the molecule is CC12CCCC(C)(C1)SC2. The molecule has 1 aliphatic carbocycles. The normalized spacial score (nSPS) is 53.4. The number of fused-ring (bicyclic) bond motifs is 2. The molecule has 2 bridgehead atoms. The van der Waals surface area contributed by atoms with Crippen molar-refractivity contribution in [3.8, 4) is 0 Å². The Morgan fingerprint density at radius 3 is 2.60 bits per heavy atom. The summed E-state index contributed by atoms with van der Waals surface area (Å²) in [5.41, 5.74) is 0.720. The molecule has 2 atom stereocenters. The van der Waals surface area contributed by atoms with E-state index in [1.54, 1.807) is 0 Å². The summed E-state index contributed by atoms with van der Waals surface area (Å²) in [5.74, 6) is 1.42. The summed E-state index contributed by atoms with van der Waals surface area (Å²) < 4.78 is 0.674. The zero-order valence-electron chi connectivity index (χ0n) is 6.94. The molecule has 0 aromatic carbocycles. The van der Waals surface area contributed by atoms with Crippen molar-refractivity contribution in [2.45, 2.75) is 44.3 Å². The van der Waals surface area contributed by atoms with Crippen LogP contribution in [0.5, 0.6) is 0 Å². The van der Waals surface area contributed by atoms with E-state index >= 15 is 0 Å². The zero-order chi connectivity index (χ0) is 7.24. The van der Waals surface area contributed by atoms with E-state index in [0.29, 0.717) is 4.75 Å². The van der Waals surface area contributed by atoms with Gasteiger partial charge in [-0.1, -0.05) is 20.3 Å². The lowest BCUT2D eigenvalue weighted by atomic mass is 9.73. The van der Waals surface area contributed by atoms with Crippen molar-refractivity contribution < 1.29 is 0 Å². The van der Waals surface area contributed by atoms with Crippen molar-refractivity contribution >= 4 is 11.8 Å². The van der Waals surface area contributed by atoms with Gasteiger partial charge in [-0.05, 0) is 30.4 Å². The lowest BCUT2D eigenvalue weighted by Crippen LogP contribution is -2.27. The van der Waals surface area contributed by atoms with Crippen molar-refractivity contribution in [3.63, 3.8) is 0 Å². The molecule has 0 amide bonds. The van der Waals surface area contributed by atoms with Gasteiger partial charge in [0.2, 0.25) is 0 Å². The molecule has 0 aromatic rings. The molecule has 1 heteroatoms. The van der Waals surface area contributed by atoms with Crippen molar-refractivity contribution in [3.05, 3.63) is 0 Å². The molecule has 0 radical (unpaired) electrons. The molecule has 1 aliphatic heterocycles. The van der Waals surface area contributed by atoms with Crippen molar-refractivity contribution in [1.29, 1.82) is 0 Å². The predicted octanol–water partition coefficient (Wildman–Crippen LogP) is 3.07. The maximum Gasteiger partial charge on any atom is 0.0137 e. The average molecular weight is 156 g/mol. The first kappa shape index (κ1) is 7.02. The van der Waals surface area contributed by atoms with Crippen LogP contribution in [-0.2, 0) is 0 Å². The van der Waals surface area contributed by atoms with Crippen LogP contribution in [0, 0.1) is 5.41 Å². The molecule has 1 saturated carbocycles. The van der Waals surface area contributed by atoms with Crippen LogP contribution in [0.1, 0.15) is 39.5 Å². The fourth-order valence-electron chi connectivity index (χ4n) is 2.56. The number of hydrogen-bond donors (Lipinski definition) is 0. The predicted molar refractivity (Wildman–Crippen MR) is 47.4 cm³/mol. The standard InChI is InChI=1S/C9H16S/c1-8-4-3-5-9(2,6-8)10-7-8/h3-7H2,1-2H3. The fourth-order valence-corrected chi connectivity index (χ4v) is 4.25. The highest BCUT2D eigenvalue weighted by atomic mass is 32.2. The molecule has 2 unspecified atom stereocenters. The molecule has 0 aromatic heterocycles. The van der Waals surface area contributed by atoms with E-state index in [1.807, 2.05) is 0 Å². The minimum absolute atomic E-state index is 0.674. The van der Waals surface area contributed by atoms with E-state index in [4.69, 9.17) is 0 Å². The van der Waals surface area contributed by atoms with Crippen LogP contribution in [0.3, 0.4) is 0 Å². The van der Waals surface area contributed by atoms with Crippen molar-refractivity contribution in [2.75, 3.05) is 5.75 Å². The maximum atomic E-state index is 2.46. The van der Waals surface area contributed by atoms with Gasteiger partial charge >= 0.3 is 0 Å². The second-order valence-electron chi connectivity index (χ2n) is 4.58. The van der Waals surface area contributed by atoms with Gasteiger partial charge in [0.1, 0.15) is 0 Å². The number of thioether (sulfide) groups is 1. The monoisotopic (exact) mass is 156 g/mol. The second kappa shape index (κ2) is 1.94. The molecule has 0 spiro atoms. The van der Waals surface area contributed by atoms with Gasteiger partial charge in [-0.3, -0.25) is 0 Å². The van der Waals surface area contributed by atoms with E-state index < -0.39 is 0 Å². The largest absolute Gasteiger partial charge is 0.155 e. The highest BCUT2D eigenvalue weighted by Gasteiger charge is 2.45. The van der Waals surface area contributed by atoms with Crippen LogP contribution in [0.4, 0.5) is 0 Å². The number of rotatable bonds is 0. The van der Waals surface area contributed by atoms with Gasteiger partial charge in [0.25, 0.3) is 0 Å². The Labute approximate surface area is 67.8 Å². The van der Waals surface area contributed by atoms with Gasteiger partial charge in [0.05, 0.1) is 0 Å². The van der Waals surface area contributed by atoms with Crippen LogP contribution in [-0.4, -0.2) is 10.5 Å². The Balaban J connectivity index is 2.20. The Bertz CT molecular complexity index is 139. The molecule has 2 aliphatic rings. The second-order valence-corrected chi connectivity index (χ2v) is 6.14. The summed E-state index contributed by atoms with van der Waals surface area (Å²) >= 11 is 2.21. The Hall–Kier alpha value is 0.350. The van der Waals surface area contributed by atoms with Crippen LogP contribution < -0.4 is 0 Å². The molecule has 2 fully saturated rings. The zero-order valence-corrected chi connectivity index (χ0v) is 7.76. The molecule has 1 heterocycles. The van der Waals surface area contributed by atoms with E-state index in [1.165, 1.54) is 31.4 Å². The van der Waals surface area contributed by atoms with Gasteiger partial charge in [-0.15, -0.1) is 0 Å². The van der Waals surface area contributed by atoms with Crippen LogP contribution in [0.2, 0.25) is 0 Å². The third-order valence-electron chi connectivity index (χ3n) is 3.06. The van der Waals surface area contributed by atoms with Gasteiger partial charge in [-0.2, -0.15) is 11.8 Å². The summed E-state index contributed by atoms with van der Waals surface area (Å²) in [6.07, 6.45) is 5.90. The third kappa shape index (κ3) is 0.990. The summed E-state index contributed by atoms with van der Waals surface area (Å²) in [6.45, 7) is 4.91. The van der Waals surface area contributed by atoms with Crippen molar-refractivity contribution in [2.24, 2.45) is 5.41 Å². The number of hydrogen-bond acceptors (Lipinski definition) is 1. The van der Waals surface area contributed by atoms with Crippen LogP contribution in [0.25, 0.3) is 0 Å². The Morgan fingerprint density at radius 2 is 2.00 bits per heavy atom. The molecule has 0 nitrogen and oxygen atoms in total. The first-order chi connectivity index (χ1) is 4.62. The molecule has 0 N–H and O–H groups in total. The minimum Gasteiger partial charge on any atom is -0.155 e. The first-order valence-electron chi connectivity index (χ1n) is 4.26. The first-order valence-corrected chi connectivity index (χ1v) is 5.25. The summed E-state index contributed by atoms with van der Waals surface area (Å²) in [7, 11) is 0. The third-order valence-corrected chi connectivity index (χ3v) is 4.94. The van der Waals surface area contributed by atoms with E-state index in [2.05, 4.69) is 25.6 Å².